The third-order valence-corrected chi connectivity index (χ3v) is 5.21. The lowest BCUT2D eigenvalue weighted by Crippen LogP contribution is -2.30. The Morgan fingerprint density at radius 3 is 2.12 bits per heavy atom. The van der Waals surface area contributed by atoms with Crippen LogP contribution in [0, 0.1) is 5.41 Å². The Bertz CT molecular complexity index is 357. The van der Waals surface area contributed by atoms with Crippen molar-refractivity contribution in [1.29, 1.82) is 0 Å². The number of nitrogens with one attached hydrogen (secondary N) is 1. The van der Waals surface area contributed by atoms with E-state index < -0.39 is 0 Å². The summed E-state index contributed by atoms with van der Waals surface area (Å²) in [5.74, 6) is 0. The molecule has 1 aromatic rings. The topological polar surface area (TPSA) is 12.0 Å². The predicted octanol–water partition coefficient (Wildman–Crippen LogP) is 4.74. The molecular weight excluding hydrogens is 226 g/mol. The summed E-state index contributed by atoms with van der Waals surface area (Å²) >= 11 is 1.95. The first-order valence-corrected chi connectivity index (χ1v) is 7.31. The number of rotatable bonds is 4. The van der Waals surface area contributed by atoms with Crippen molar-refractivity contribution in [2.75, 3.05) is 7.05 Å². The zero-order valence-electron chi connectivity index (χ0n) is 12.3. The Morgan fingerprint density at radius 1 is 1.18 bits per heavy atom. The molecule has 2 heteroatoms. The van der Waals surface area contributed by atoms with Crippen LogP contribution >= 0.6 is 11.3 Å². The minimum Gasteiger partial charge on any atom is -0.312 e. The molecule has 0 fully saturated rings. The van der Waals surface area contributed by atoms with Crippen LogP contribution in [0.15, 0.2) is 12.1 Å². The molecule has 0 bridgehead atoms. The SMILES string of the molecule is CCC(C)(C)C(NC)c1ccc(C(C)(C)C)s1. The fourth-order valence-corrected chi connectivity index (χ4v) is 3.42. The van der Waals surface area contributed by atoms with E-state index in [1.165, 1.54) is 16.2 Å². The van der Waals surface area contributed by atoms with Crippen molar-refractivity contribution in [3.63, 3.8) is 0 Å². The van der Waals surface area contributed by atoms with E-state index in [2.05, 4.69) is 66.0 Å². The molecule has 98 valence electrons. The largest absolute Gasteiger partial charge is 0.312 e. The van der Waals surface area contributed by atoms with Crippen LogP contribution in [0.25, 0.3) is 0 Å². The molecule has 1 atom stereocenters. The second kappa shape index (κ2) is 5.11. The molecule has 0 saturated carbocycles. The Morgan fingerprint density at radius 2 is 1.76 bits per heavy atom. The molecule has 0 aliphatic heterocycles. The van der Waals surface area contributed by atoms with E-state index in [9.17, 15) is 0 Å². The summed E-state index contributed by atoms with van der Waals surface area (Å²) in [7, 11) is 2.07. The lowest BCUT2D eigenvalue weighted by atomic mass is 9.81. The summed E-state index contributed by atoms with van der Waals surface area (Å²) in [6, 6.07) is 5.04. The van der Waals surface area contributed by atoms with Crippen LogP contribution < -0.4 is 5.32 Å². The van der Waals surface area contributed by atoms with Crippen LogP contribution in [0.1, 0.15) is 63.8 Å². The maximum Gasteiger partial charge on any atom is 0.0464 e. The van der Waals surface area contributed by atoms with Gasteiger partial charge in [-0.15, -0.1) is 11.3 Å². The first-order chi connectivity index (χ1) is 7.72. The molecule has 0 spiro atoms. The summed E-state index contributed by atoms with van der Waals surface area (Å²) in [5.41, 5.74) is 0.562. The summed E-state index contributed by atoms with van der Waals surface area (Å²) in [4.78, 5) is 2.93. The van der Waals surface area contributed by atoms with Gasteiger partial charge in [0.15, 0.2) is 0 Å². The highest BCUT2D eigenvalue weighted by Crippen LogP contribution is 2.40. The van der Waals surface area contributed by atoms with Gasteiger partial charge in [0.05, 0.1) is 0 Å². The quantitative estimate of drug-likeness (QED) is 0.817. The molecule has 0 aromatic carbocycles. The van der Waals surface area contributed by atoms with E-state index in [1.54, 1.807) is 0 Å². The highest BCUT2D eigenvalue weighted by molar-refractivity contribution is 7.12. The number of thiophene rings is 1. The van der Waals surface area contributed by atoms with Gasteiger partial charge in [-0.05, 0) is 36.4 Å². The lowest BCUT2D eigenvalue weighted by molar-refractivity contribution is 0.249. The van der Waals surface area contributed by atoms with E-state index in [0.717, 1.165) is 0 Å². The molecule has 0 aliphatic carbocycles. The standard InChI is InChI=1S/C15H27NS/c1-8-15(5,6)13(16-7)11-9-10-12(17-11)14(2,3)4/h9-10,13,16H,8H2,1-7H3. The summed E-state index contributed by atoms with van der Waals surface area (Å²) in [5, 5.41) is 3.48. The molecule has 0 saturated heterocycles. The Kier molecular flexibility index (Phi) is 4.43. The second-order valence-corrected chi connectivity index (χ2v) is 7.63. The van der Waals surface area contributed by atoms with Crippen molar-refractivity contribution in [2.24, 2.45) is 5.41 Å². The first kappa shape index (κ1) is 14.7. The van der Waals surface area contributed by atoms with Crippen molar-refractivity contribution in [2.45, 2.75) is 59.4 Å². The van der Waals surface area contributed by atoms with Crippen LogP contribution in [-0.2, 0) is 5.41 Å². The Labute approximate surface area is 111 Å². The van der Waals surface area contributed by atoms with E-state index in [4.69, 9.17) is 0 Å². The van der Waals surface area contributed by atoms with Gasteiger partial charge in [0, 0.05) is 15.8 Å². The molecule has 1 heterocycles. The fraction of sp³-hybridized carbons (Fsp3) is 0.733. The summed E-state index contributed by atoms with van der Waals surface area (Å²) in [6.45, 7) is 13.8. The molecule has 1 aromatic heterocycles. The van der Waals surface area contributed by atoms with Gasteiger partial charge in [-0.3, -0.25) is 0 Å². The highest BCUT2D eigenvalue weighted by atomic mass is 32.1. The maximum absolute atomic E-state index is 3.48. The van der Waals surface area contributed by atoms with E-state index in [1.807, 2.05) is 11.3 Å². The maximum atomic E-state index is 3.48. The van der Waals surface area contributed by atoms with Crippen molar-refractivity contribution < 1.29 is 0 Å². The average Bonchev–Trinajstić information content (AvgIpc) is 2.67. The van der Waals surface area contributed by atoms with Crippen LogP contribution in [-0.4, -0.2) is 7.05 Å². The fourth-order valence-electron chi connectivity index (χ4n) is 2.03. The molecule has 1 unspecified atom stereocenters. The first-order valence-electron chi connectivity index (χ1n) is 6.50. The highest BCUT2D eigenvalue weighted by Gasteiger charge is 2.29. The predicted molar refractivity (Wildman–Crippen MR) is 78.9 cm³/mol. The molecule has 0 radical (unpaired) electrons. The lowest BCUT2D eigenvalue weighted by Gasteiger charge is -2.32. The second-order valence-electron chi connectivity index (χ2n) is 6.52. The van der Waals surface area contributed by atoms with Crippen LogP contribution in [0.3, 0.4) is 0 Å². The molecule has 1 nitrogen and oxygen atoms in total. The van der Waals surface area contributed by atoms with Gasteiger partial charge in [0.25, 0.3) is 0 Å². The van der Waals surface area contributed by atoms with Gasteiger partial charge in [0.2, 0.25) is 0 Å². The molecule has 17 heavy (non-hydrogen) atoms. The van der Waals surface area contributed by atoms with Crippen molar-refractivity contribution in [3.8, 4) is 0 Å². The van der Waals surface area contributed by atoms with Gasteiger partial charge in [-0.1, -0.05) is 41.5 Å². The normalized spacial score (nSPS) is 15.0. The summed E-state index contributed by atoms with van der Waals surface area (Å²) < 4.78 is 0. The van der Waals surface area contributed by atoms with Gasteiger partial charge >= 0.3 is 0 Å². The molecule has 1 rings (SSSR count). The zero-order chi connectivity index (χ0) is 13.3. The zero-order valence-corrected chi connectivity index (χ0v) is 13.2. The Hall–Kier alpha value is -0.340. The van der Waals surface area contributed by atoms with E-state index in [0.29, 0.717) is 11.5 Å². The molecule has 0 amide bonds. The third kappa shape index (κ3) is 3.32. The molecular formula is C15H27NS. The minimum absolute atomic E-state index is 0.261. The third-order valence-electron chi connectivity index (χ3n) is 3.63. The van der Waals surface area contributed by atoms with Crippen LogP contribution in [0.2, 0.25) is 0 Å². The summed E-state index contributed by atoms with van der Waals surface area (Å²) in [6.07, 6.45) is 1.18. The van der Waals surface area contributed by atoms with Gasteiger partial charge in [-0.25, -0.2) is 0 Å². The van der Waals surface area contributed by atoms with Gasteiger partial charge in [0.1, 0.15) is 0 Å². The van der Waals surface area contributed by atoms with Crippen LogP contribution in [0.4, 0.5) is 0 Å². The monoisotopic (exact) mass is 253 g/mol. The van der Waals surface area contributed by atoms with E-state index in [-0.39, 0.29) is 5.41 Å². The minimum atomic E-state index is 0.261. The van der Waals surface area contributed by atoms with E-state index >= 15 is 0 Å². The molecule has 0 aliphatic rings. The average molecular weight is 253 g/mol. The van der Waals surface area contributed by atoms with Crippen molar-refractivity contribution in [1.82, 2.24) is 5.32 Å². The number of hydrogen-bond donors (Lipinski definition) is 1. The smallest absolute Gasteiger partial charge is 0.0464 e. The van der Waals surface area contributed by atoms with Crippen molar-refractivity contribution in [3.05, 3.63) is 21.9 Å². The van der Waals surface area contributed by atoms with Crippen LogP contribution in [0.5, 0.6) is 0 Å². The Balaban J connectivity index is 3.03. The molecule has 1 N–H and O–H groups in total. The van der Waals surface area contributed by atoms with Gasteiger partial charge in [-0.2, -0.15) is 0 Å². The van der Waals surface area contributed by atoms with Crippen molar-refractivity contribution >= 4 is 11.3 Å². The number of hydrogen-bond acceptors (Lipinski definition) is 2. The van der Waals surface area contributed by atoms with Gasteiger partial charge < -0.3 is 5.32 Å².